The quantitative estimate of drug-likeness (QED) is 0.617. The van der Waals surface area contributed by atoms with Crippen LogP contribution in [0.4, 0.5) is 8.78 Å². The van der Waals surface area contributed by atoms with Gasteiger partial charge in [0.25, 0.3) is 11.8 Å². The fraction of sp³-hybridized carbons (Fsp3) is 0.391. The monoisotopic (exact) mass is 512 g/mol. The highest BCUT2D eigenvalue weighted by molar-refractivity contribution is 6.42. The lowest BCUT2D eigenvalue weighted by atomic mass is 9.76. The molecule has 2 N–H and O–H groups in total. The first kappa shape index (κ1) is 23.0. The summed E-state index contributed by atoms with van der Waals surface area (Å²) in [6.07, 6.45) is 1.20. The Balaban J connectivity index is 1.11. The van der Waals surface area contributed by atoms with Crippen LogP contribution in [0, 0.1) is 17.6 Å². The zero-order valence-corrected chi connectivity index (χ0v) is 19.2. The average molecular weight is 513 g/mol. The molecule has 2 amide bonds. The van der Waals surface area contributed by atoms with Crippen molar-refractivity contribution in [1.82, 2.24) is 10.6 Å². The van der Waals surface area contributed by atoms with E-state index < -0.39 is 23.3 Å². The maximum atomic E-state index is 13.3. The summed E-state index contributed by atoms with van der Waals surface area (Å²) in [7, 11) is 0. The summed E-state index contributed by atoms with van der Waals surface area (Å²) >= 11 is 12.0. The molecule has 0 spiro atoms. The second-order valence-electron chi connectivity index (χ2n) is 8.81. The number of halogens is 4. The lowest BCUT2D eigenvalue weighted by molar-refractivity contribution is -0.131. The van der Waals surface area contributed by atoms with Crippen molar-refractivity contribution in [3.8, 4) is 17.2 Å². The molecule has 4 aliphatic rings. The van der Waals surface area contributed by atoms with Gasteiger partial charge in [0.05, 0.1) is 10.0 Å². The maximum absolute atomic E-state index is 13.3. The zero-order valence-electron chi connectivity index (χ0n) is 17.7. The number of hydrogen-bond acceptors (Lipinski definition) is 5. The van der Waals surface area contributed by atoms with E-state index in [2.05, 4.69) is 10.6 Å². The summed E-state index contributed by atoms with van der Waals surface area (Å²) in [4.78, 5) is 25.1. The minimum Gasteiger partial charge on any atom is -0.485 e. The summed E-state index contributed by atoms with van der Waals surface area (Å²) in [6, 6.07) is 6.02. The van der Waals surface area contributed by atoms with Gasteiger partial charge in [0.1, 0.15) is 12.4 Å². The highest BCUT2D eigenvalue weighted by Crippen LogP contribution is 2.52. The van der Waals surface area contributed by atoms with E-state index in [1.54, 1.807) is 6.07 Å². The van der Waals surface area contributed by atoms with Crippen molar-refractivity contribution >= 4 is 35.0 Å². The minimum absolute atomic E-state index is 0.0391. The number of carbonyl (C=O) groups excluding carboxylic acids is 2. The van der Waals surface area contributed by atoms with E-state index in [-0.39, 0.29) is 42.7 Å². The molecular weight excluding hydrogens is 493 g/mol. The summed E-state index contributed by atoms with van der Waals surface area (Å²) in [5.41, 5.74) is -0.419. The third kappa shape index (κ3) is 4.46. The van der Waals surface area contributed by atoms with Gasteiger partial charge in [-0.05, 0) is 37.3 Å². The molecule has 3 fully saturated rings. The summed E-state index contributed by atoms with van der Waals surface area (Å²) < 4.78 is 42.9. The van der Waals surface area contributed by atoms with E-state index >= 15 is 0 Å². The lowest BCUT2D eigenvalue weighted by Crippen LogP contribution is -2.53. The zero-order chi connectivity index (χ0) is 24.0. The topological polar surface area (TPSA) is 85.9 Å². The van der Waals surface area contributed by atoms with Gasteiger partial charge in [-0.3, -0.25) is 9.59 Å². The highest BCUT2D eigenvalue weighted by atomic mass is 35.5. The third-order valence-corrected chi connectivity index (χ3v) is 7.14. The fourth-order valence-corrected chi connectivity index (χ4v) is 5.13. The molecule has 0 radical (unpaired) electrons. The fourth-order valence-electron chi connectivity index (χ4n) is 4.82. The second-order valence-corrected chi connectivity index (χ2v) is 9.63. The van der Waals surface area contributed by atoms with E-state index in [0.717, 1.165) is 25.0 Å². The van der Waals surface area contributed by atoms with Crippen LogP contribution in [0.1, 0.15) is 19.3 Å². The molecule has 2 aromatic carbocycles. The Morgan fingerprint density at radius 1 is 1.06 bits per heavy atom. The summed E-state index contributed by atoms with van der Waals surface area (Å²) in [5, 5.41) is 6.59. The van der Waals surface area contributed by atoms with Crippen LogP contribution < -0.4 is 24.8 Å². The molecule has 6 rings (SSSR count). The van der Waals surface area contributed by atoms with E-state index in [4.69, 9.17) is 37.4 Å². The van der Waals surface area contributed by atoms with Gasteiger partial charge in [-0.2, -0.15) is 0 Å². The van der Waals surface area contributed by atoms with Gasteiger partial charge in [-0.25, -0.2) is 8.78 Å². The van der Waals surface area contributed by atoms with Gasteiger partial charge < -0.3 is 24.8 Å². The Morgan fingerprint density at radius 2 is 1.79 bits per heavy atom. The van der Waals surface area contributed by atoms with E-state index in [0.29, 0.717) is 28.0 Å². The van der Waals surface area contributed by atoms with Crippen molar-refractivity contribution in [3.05, 3.63) is 52.0 Å². The number of hydrogen-bond donors (Lipinski definition) is 2. The third-order valence-electron chi connectivity index (χ3n) is 6.42. The molecule has 7 nitrogen and oxygen atoms in total. The second kappa shape index (κ2) is 8.78. The van der Waals surface area contributed by atoms with Crippen LogP contribution in [-0.4, -0.2) is 42.7 Å². The highest BCUT2D eigenvalue weighted by Gasteiger charge is 2.57. The molecule has 180 valence electrons. The number of carbonyl (C=O) groups is 2. The SMILES string of the molecule is O=C(COc1ccc(F)c(F)c1)NC12CC(C1)C(NC(=O)C1COc3cc(Cl)c(Cl)cc3O1)C2. The number of fused-ring (bicyclic) bond motifs is 2. The molecule has 1 heterocycles. The van der Waals surface area contributed by atoms with Crippen molar-refractivity contribution in [1.29, 1.82) is 0 Å². The first-order valence-electron chi connectivity index (χ1n) is 10.7. The normalized spacial score (nSPS) is 26.4. The molecule has 3 aliphatic carbocycles. The molecule has 2 atom stereocenters. The van der Waals surface area contributed by atoms with E-state index in [1.165, 1.54) is 12.1 Å². The molecular formula is C23H20Cl2F2N2O5. The predicted octanol–water partition coefficient (Wildman–Crippen LogP) is 3.64. The Hall–Kier alpha value is -2.78. The van der Waals surface area contributed by atoms with E-state index in [9.17, 15) is 18.4 Å². The van der Waals surface area contributed by atoms with Gasteiger partial charge in [0.15, 0.2) is 29.7 Å². The standard InChI is InChI=1S/C23H20Cl2F2N2O5/c24-13-4-18-19(5-14(13)25)34-20(9-33-18)22(31)28-17-8-23(6-11(17)7-23)29-21(30)10-32-12-1-2-15(26)16(27)3-12/h1-5,11,17,20H,6-10H2,(H,28,31)(H,29,30). The van der Waals surface area contributed by atoms with Crippen LogP contribution in [0.2, 0.25) is 10.0 Å². The minimum atomic E-state index is -1.05. The number of benzene rings is 2. The Bertz CT molecular complexity index is 1160. The molecule has 2 aromatic rings. The molecule has 3 saturated carbocycles. The Morgan fingerprint density at radius 3 is 2.53 bits per heavy atom. The molecule has 0 aromatic heterocycles. The van der Waals surface area contributed by atoms with Gasteiger partial charge in [-0.15, -0.1) is 0 Å². The van der Waals surface area contributed by atoms with Crippen molar-refractivity contribution in [2.45, 2.75) is 36.9 Å². The molecule has 2 bridgehead atoms. The number of ether oxygens (including phenoxy) is 3. The Labute approximate surface area is 203 Å². The molecule has 1 aliphatic heterocycles. The van der Waals surface area contributed by atoms with Crippen LogP contribution in [0.5, 0.6) is 17.2 Å². The van der Waals surface area contributed by atoms with Crippen molar-refractivity contribution in [3.63, 3.8) is 0 Å². The first-order chi connectivity index (χ1) is 16.2. The number of amides is 2. The molecule has 11 heteroatoms. The summed E-state index contributed by atoms with van der Waals surface area (Å²) in [6.45, 7) is -0.287. The smallest absolute Gasteiger partial charge is 0.264 e. The van der Waals surface area contributed by atoms with Crippen molar-refractivity contribution in [2.24, 2.45) is 5.92 Å². The van der Waals surface area contributed by atoms with Crippen LogP contribution >= 0.6 is 23.2 Å². The maximum Gasteiger partial charge on any atom is 0.264 e. The largest absolute Gasteiger partial charge is 0.485 e. The van der Waals surface area contributed by atoms with Crippen LogP contribution in [0.3, 0.4) is 0 Å². The first-order valence-corrected chi connectivity index (χ1v) is 11.4. The van der Waals surface area contributed by atoms with Crippen LogP contribution in [0.15, 0.2) is 30.3 Å². The Kier molecular flexibility index (Phi) is 5.93. The predicted molar refractivity (Wildman–Crippen MR) is 118 cm³/mol. The number of rotatable bonds is 6. The lowest BCUT2D eigenvalue weighted by Gasteiger charge is -2.39. The van der Waals surface area contributed by atoms with Gasteiger partial charge in [0, 0.05) is 29.8 Å². The molecule has 34 heavy (non-hydrogen) atoms. The molecule has 2 unspecified atom stereocenters. The van der Waals surface area contributed by atoms with Gasteiger partial charge in [-0.1, -0.05) is 23.2 Å². The molecule has 0 saturated heterocycles. The number of nitrogens with one attached hydrogen (secondary N) is 2. The van der Waals surface area contributed by atoms with Crippen molar-refractivity contribution in [2.75, 3.05) is 13.2 Å². The average Bonchev–Trinajstić information content (AvgIpc) is 3.28. The van der Waals surface area contributed by atoms with Gasteiger partial charge in [0.2, 0.25) is 6.10 Å². The van der Waals surface area contributed by atoms with E-state index in [1.807, 2.05) is 0 Å². The van der Waals surface area contributed by atoms with Crippen molar-refractivity contribution < 1.29 is 32.6 Å². The van der Waals surface area contributed by atoms with Crippen LogP contribution in [-0.2, 0) is 9.59 Å². The summed E-state index contributed by atoms with van der Waals surface area (Å²) in [5.74, 6) is -1.64. The van der Waals surface area contributed by atoms with Gasteiger partial charge >= 0.3 is 0 Å². The van der Waals surface area contributed by atoms with Crippen LogP contribution in [0.25, 0.3) is 0 Å².